The standard InChI is InChI=1S/C24H25N5O2S/c25-19-4-6-21(7-5-19)32-22-8-9-23-26-27-24(29(23)17-22)18-2-1-3-20(16-18)31-15-12-28-10-13-30-14-11-28/h1-9,16-17H,10-15,25H2. The Morgan fingerprint density at radius 3 is 2.62 bits per heavy atom. The Labute approximate surface area is 191 Å². The Bertz CT molecular complexity index is 1190. The number of morpholine rings is 1. The fourth-order valence-corrected chi connectivity index (χ4v) is 4.48. The Morgan fingerprint density at radius 2 is 1.78 bits per heavy atom. The highest BCUT2D eigenvalue weighted by Gasteiger charge is 2.12. The highest BCUT2D eigenvalue weighted by Crippen LogP contribution is 2.30. The minimum absolute atomic E-state index is 0.645. The minimum atomic E-state index is 0.645. The fourth-order valence-electron chi connectivity index (χ4n) is 3.64. The van der Waals surface area contributed by atoms with Crippen molar-refractivity contribution in [2.24, 2.45) is 0 Å². The summed E-state index contributed by atoms with van der Waals surface area (Å²) in [6.45, 7) is 5.07. The Hall–Kier alpha value is -3.07. The number of ether oxygens (including phenoxy) is 2. The van der Waals surface area contributed by atoms with Gasteiger partial charge in [0.15, 0.2) is 11.5 Å². The van der Waals surface area contributed by atoms with Gasteiger partial charge in [0.05, 0.1) is 13.2 Å². The number of hydrogen-bond donors (Lipinski definition) is 1. The molecule has 8 heteroatoms. The lowest BCUT2D eigenvalue weighted by Gasteiger charge is -2.26. The van der Waals surface area contributed by atoms with Gasteiger partial charge in [-0.15, -0.1) is 10.2 Å². The molecule has 0 aliphatic carbocycles. The van der Waals surface area contributed by atoms with Crippen molar-refractivity contribution in [2.75, 3.05) is 45.2 Å². The molecule has 7 nitrogen and oxygen atoms in total. The summed E-state index contributed by atoms with van der Waals surface area (Å²) in [4.78, 5) is 4.59. The minimum Gasteiger partial charge on any atom is -0.492 e. The summed E-state index contributed by atoms with van der Waals surface area (Å²) in [6, 6.07) is 19.9. The summed E-state index contributed by atoms with van der Waals surface area (Å²) in [5, 5.41) is 8.77. The van der Waals surface area contributed by atoms with Crippen LogP contribution in [0.25, 0.3) is 17.0 Å². The largest absolute Gasteiger partial charge is 0.492 e. The van der Waals surface area contributed by atoms with Crippen molar-refractivity contribution < 1.29 is 9.47 Å². The molecule has 0 unspecified atom stereocenters. The maximum atomic E-state index is 6.02. The highest BCUT2D eigenvalue weighted by atomic mass is 32.2. The number of aromatic nitrogens is 3. The van der Waals surface area contributed by atoms with Crippen molar-refractivity contribution in [3.63, 3.8) is 0 Å². The summed E-state index contributed by atoms with van der Waals surface area (Å²) >= 11 is 1.68. The molecule has 0 bridgehead atoms. The van der Waals surface area contributed by atoms with Gasteiger partial charge in [-0.2, -0.15) is 0 Å². The van der Waals surface area contributed by atoms with Crippen LogP contribution < -0.4 is 10.5 Å². The van der Waals surface area contributed by atoms with Crippen molar-refractivity contribution in [3.05, 3.63) is 66.9 Å². The first-order valence-corrected chi connectivity index (χ1v) is 11.5. The number of benzene rings is 2. The number of pyridine rings is 1. The maximum absolute atomic E-state index is 6.02. The van der Waals surface area contributed by atoms with Crippen LogP contribution in [-0.2, 0) is 4.74 Å². The molecular weight excluding hydrogens is 422 g/mol. The molecule has 0 radical (unpaired) electrons. The van der Waals surface area contributed by atoms with Crippen LogP contribution >= 0.6 is 11.8 Å². The lowest BCUT2D eigenvalue weighted by molar-refractivity contribution is 0.0322. The first kappa shape index (κ1) is 20.8. The molecule has 32 heavy (non-hydrogen) atoms. The first-order chi connectivity index (χ1) is 15.7. The third-order valence-corrected chi connectivity index (χ3v) is 6.35. The summed E-state index contributed by atoms with van der Waals surface area (Å²) in [5.74, 6) is 1.62. The van der Waals surface area contributed by atoms with E-state index in [1.54, 1.807) is 11.8 Å². The van der Waals surface area contributed by atoms with Crippen LogP contribution in [0.1, 0.15) is 0 Å². The molecule has 1 fully saturated rings. The molecule has 1 aliphatic heterocycles. The van der Waals surface area contributed by atoms with Gasteiger partial charge in [-0.05, 0) is 48.5 Å². The zero-order chi connectivity index (χ0) is 21.8. The van der Waals surface area contributed by atoms with E-state index < -0.39 is 0 Å². The van der Waals surface area contributed by atoms with Gasteiger partial charge in [0.25, 0.3) is 0 Å². The summed E-state index contributed by atoms with van der Waals surface area (Å²) in [6.07, 6.45) is 2.07. The average molecular weight is 448 g/mol. The second kappa shape index (κ2) is 9.60. The van der Waals surface area contributed by atoms with Crippen molar-refractivity contribution in [3.8, 4) is 17.1 Å². The van der Waals surface area contributed by atoms with Gasteiger partial charge in [-0.1, -0.05) is 23.9 Å². The highest BCUT2D eigenvalue weighted by molar-refractivity contribution is 7.99. The van der Waals surface area contributed by atoms with Gasteiger partial charge in [0, 0.05) is 46.9 Å². The van der Waals surface area contributed by atoms with Gasteiger partial charge in [0.1, 0.15) is 12.4 Å². The molecule has 0 spiro atoms. The number of nitrogens with two attached hydrogens (primary N) is 1. The molecule has 0 amide bonds. The third kappa shape index (κ3) is 4.88. The number of fused-ring (bicyclic) bond motifs is 1. The second-order valence-corrected chi connectivity index (χ2v) is 8.76. The first-order valence-electron chi connectivity index (χ1n) is 10.7. The molecule has 1 saturated heterocycles. The van der Waals surface area contributed by atoms with Gasteiger partial charge < -0.3 is 15.2 Å². The van der Waals surface area contributed by atoms with Gasteiger partial charge in [0.2, 0.25) is 0 Å². The topological polar surface area (TPSA) is 77.9 Å². The summed E-state index contributed by atoms with van der Waals surface area (Å²) in [7, 11) is 0. The summed E-state index contributed by atoms with van der Waals surface area (Å²) < 4.78 is 13.4. The van der Waals surface area contributed by atoms with E-state index >= 15 is 0 Å². The quantitative estimate of drug-likeness (QED) is 0.431. The molecule has 0 saturated carbocycles. The number of hydrogen-bond acceptors (Lipinski definition) is 7. The van der Waals surface area contributed by atoms with Crippen molar-refractivity contribution in [1.29, 1.82) is 0 Å². The van der Waals surface area contributed by atoms with Crippen LogP contribution in [0.4, 0.5) is 5.69 Å². The SMILES string of the molecule is Nc1ccc(Sc2ccc3nnc(-c4cccc(OCCN5CCOCC5)c4)n3c2)cc1. The van der Waals surface area contributed by atoms with Crippen molar-refractivity contribution in [2.45, 2.75) is 9.79 Å². The molecule has 164 valence electrons. The van der Waals surface area contributed by atoms with E-state index in [4.69, 9.17) is 15.2 Å². The Morgan fingerprint density at radius 1 is 0.969 bits per heavy atom. The monoisotopic (exact) mass is 447 g/mol. The van der Waals surface area contributed by atoms with Gasteiger partial charge in [-0.25, -0.2) is 0 Å². The normalized spacial score (nSPS) is 14.6. The van der Waals surface area contributed by atoms with Gasteiger partial charge >= 0.3 is 0 Å². The molecule has 2 N–H and O–H groups in total. The third-order valence-electron chi connectivity index (χ3n) is 5.36. The van der Waals surface area contributed by atoms with Crippen molar-refractivity contribution in [1.82, 2.24) is 19.5 Å². The van der Waals surface area contributed by atoms with Crippen LogP contribution in [0.2, 0.25) is 0 Å². The number of rotatable bonds is 7. The molecule has 2 aromatic carbocycles. The molecule has 2 aromatic heterocycles. The number of anilines is 1. The van der Waals surface area contributed by atoms with E-state index in [2.05, 4.69) is 27.4 Å². The summed E-state index contributed by atoms with van der Waals surface area (Å²) in [5.41, 5.74) is 8.33. The smallest absolute Gasteiger partial charge is 0.168 e. The number of nitrogen functional groups attached to an aromatic ring is 1. The molecular formula is C24H25N5O2S. The predicted octanol–water partition coefficient (Wildman–Crippen LogP) is 3.84. The Kier molecular flexibility index (Phi) is 6.24. The predicted molar refractivity (Wildman–Crippen MR) is 126 cm³/mol. The van der Waals surface area contributed by atoms with E-state index in [-0.39, 0.29) is 0 Å². The van der Waals surface area contributed by atoms with Crippen LogP contribution in [0.5, 0.6) is 5.75 Å². The average Bonchev–Trinajstić information content (AvgIpc) is 3.25. The lowest BCUT2D eigenvalue weighted by Crippen LogP contribution is -2.38. The lowest BCUT2D eigenvalue weighted by atomic mass is 10.2. The van der Waals surface area contributed by atoms with Crippen LogP contribution in [-0.4, -0.2) is 59.0 Å². The molecule has 4 aromatic rings. The van der Waals surface area contributed by atoms with Crippen LogP contribution in [0, 0.1) is 0 Å². The van der Waals surface area contributed by atoms with E-state index in [1.165, 1.54) is 0 Å². The zero-order valence-electron chi connectivity index (χ0n) is 17.7. The van der Waals surface area contributed by atoms with E-state index in [1.807, 2.05) is 59.0 Å². The van der Waals surface area contributed by atoms with Crippen LogP contribution in [0.3, 0.4) is 0 Å². The van der Waals surface area contributed by atoms with Crippen molar-refractivity contribution >= 4 is 23.1 Å². The molecule has 5 rings (SSSR count). The van der Waals surface area contributed by atoms with E-state index in [0.717, 1.165) is 71.1 Å². The maximum Gasteiger partial charge on any atom is 0.168 e. The fraction of sp³-hybridized carbons (Fsp3) is 0.250. The molecule has 1 aliphatic rings. The van der Waals surface area contributed by atoms with Crippen LogP contribution in [0.15, 0.2) is 76.7 Å². The molecule has 0 atom stereocenters. The zero-order valence-corrected chi connectivity index (χ0v) is 18.5. The van der Waals surface area contributed by atoms with Gasteiger partial charge in [-0.3, -0.25) is 9.30 Å². The van der Waals surface area contributed by atoms with E-state index in [0.29, 0.717) is 6.61 Å². The Balaban J connectivity index is 1.32. The number of nitrogens with zero attached hydrogens (tertiary/aromatic N) is 4. The molecule has 3 heterocycles. The van der Waals surface area contributed by atoms with E-state index in [9.17, 15) is 0 Å². The second-order valence-electron chi connectivity index (χ2n) is 7.62.